The molecular formula is C32H45F5N2O2. The minimum absolute atomic E-state index is 0.00186. The monoisotopic (exact) mass is 584 g/mol. The standard InChI is InChI=1S/C32H45F5N2O2/c1-3-5-7-10-14-25(33)22-41-28-18-16-24-21-27(39-31(35)29(24)32(28,36)37)26-17-15-23(30(34)38-26)13-9-8-12-20-40-19-11-6-4-2/h15,17,21,25,28H,3-14,16,18-20,22H2,1-2H3. The SMILES string of the molecule is CCCCCCC(F)COC1CCc2cc(-c3ccc(CCCCCOCCCCC)c(F)n3)nc(F)c2C1(F)F. The number of pyridine rings is 2. The van der Waals surface area contributed by atoms with Crippen LogP contribution in [-0.4, -0.2) is 42.1 Å². The fourth-order valence-electron chi connectivity index (χ4n) is 5.20. The van der Waals surface area contributed by atoms with E-state index in [1.54, 1.807) is 6.07 Å². The lowest BCUT2D eigenvalue weighted by molar-refractivity contribution is -0.160. The number of alkyl halides is 3. The van der Waals surface area contributed by atoms with Crippen LogP contribution in [0.25, 0.3) is 11.4 Å². The first-order chi connectivity index (χ1) is 19.8. The summed E-state index contributed by atoms with van der Waals surface area (Å²) in [4.78, 5) is 7.67. The Bertz CT molecular complexity index is 1070. The van der Waals surface area contributed by atoms with E-state index in [1.807, 2.05) is 0 Å². The quantitative estimate of drug-likeness (QED) is 0.0939. The van der Waals surface area contributed by atoms with E-state index in [-0.39, 0.29) is 36.2 Å². The zero-order chi connectivity index (χ0) is 29.7. The zero-order valence-electron chi connectivity index (χ0n) is 24.5. The maximum atomic E-state index is 15.2. The van der Waals surface area contributed by atoms with Gasteiger partial charge in [-0.1, -0.05) is 64.9 Å². The number of ether oxygens (including phenoxy) is 2. The van der Waals surface area contributed by atoms with E-state index in [1.165, 1.54) is 18.6 Å². The molecule has 1 aliphatic carbocycles. The number of aromatic nitrogens is 2. The predicted octanol–water partition coefficient (Wildman–Crippen LogP) is 9.07. The van der Waals surface area contributed by atoms with Gasteiger partial charge in [-0.05, 0) is 62.6 Å². The van der Waals surface area contributed by atoms with E-state index in [0.717, 1.165) is 58.0 Å². The predicted molar refractivity (Wildman–Crippen MR) is 151 cm³/mol. The van der Waals surface area contributed by atoms with Crippen LogP contribution in [0, 0.1) is 11.9 Å². The molecule has 0 saturated heterocycles. The first-order valence-corrected chi connectivity index (χ1v) is 15.3. The normalized spacial score (nSPS) is 17.0. The summed E-state index contributed by atoms with van der Waals surface area (Å²) in [5, 5.41) is 0. The number of nitrogens with zero attached hydrogens (tertiary/aromatic N) is 2. The lowest BCUT2D eigenvalue weighted by atomic mass is 9.86. The van der Waals surface area contributed by atoms with Crippen molar-refractivity contribution < 1.29 is 31.4 Å². The minimum atomic E-state index is -3.66. The van der Waals surface area contributed by atoms with E-state index < -0.39 is 42.3 Å². The van der Waals surface area contributed by atoms with Crippen LogP contribution in [0.3, 0.4) is 0 Å². The summed E-state index contributed by atoms with van der Waals surface area (Å²) in [6, 6.07) is 4.47. The van der Waals surface area contributed by atoms with Crippen LogP contribution in [0.15, 0.2) is 18.2 Å². The molecule has 0 bridgehead atoms. The molecule has 3 rings (SSSR count). The number of unbranched alkanes of at least 4 members (excludes halogenated alkanes) is 7. The van der Waals surface area contributed by atoms with Gasteiger partial charge in [0.15, 0.2) is 0 Å². The molecule has 0 aromatic carbocycles. The number of hydrogen-bond donors (Lipinski definition) is 0. The van der Waals surface area contributed by atoms with Crippen LogP contribution in [-0.2, 0) is 28.2 Å². The Kier molecular flexibility index (Phi) is 13.9. The molecule has 0 fully saturated rings. The molecule has 0 N–H and O–H groups in total. The molecular weight excluding hydrogens is 539 g/mol. The van der Waals surface area contributed by atoms with E-state index in [9.17, 15) is 8.78 Å². The van der Waals surface area contributed by atoms with Gasteiger partial charge in [0.1, 0.15) is 12.3 Å². The molecule has 1 aliphatic rings. The summed E-state index contributed by atoms with van der Waals surface area (Å²) in [5.74, 6) is -5.67. The first kappa shape index (κ1) is 33.4. The van der Waals surface area contributed by atoms with Crippen LogP contribution in [0.5, 0.6) is 0 Å². The van der Waals surface area contributed by atoms with Crippen LogP contribution in [0.2, 0.25) is 0 Å². The maximum Gasteiger partial charge on any atom is 0.303 e. The molecule has 2 heterocycles. The molecule has 2 aromatic heterocycles. The van der Waals surface area contributed by atoms with Gasteiger partial charge in [-0.15, -0.1) is 0 Å². The van der Waals surface area contributed by atoms with Gasteiger partial charge in [-0.3, -0.25) is 0 Å². The Morgan fingerprint density at radius 1 is 0.878 bits per heavy atom. The third-order valence-electron chi connectivity index (χ3n) is 7.64. The zero-order valence-corrected chi connectivity index (χ0v) is 24.5. The lowest BCUT2D eigenvalue weighted by Crippen LogP contribution is -2.40. The van der Waals surface area contributed by atoms with Gasteiger partial charge in [0.2, 0.25) is 11.9 Å². The van der Waals surface area contributed by atoms with Gasteiger partial charge in [-0.2, -0.15) is 17.6 Å². The minimum Gasteiger partial charge on any atom is -0.381 e. The molecule has 0 aliphatic heterocycles. The molecule has 0 radical (unpaired) electrons. The summed E-state index contributed by atoms with van der Waals surface area (Å²) in [7, 11) is 0. The summed E-state index contributed by atoms with van der Waals surface area (Å²) in [5.41, 5.74) is -0.227. The molecule has 2 atom stereocenters. The van der Waals surface area contributed by atoms with Crippen molar-refractivity contribution in [1.29, 1.82) is 0 Å². The van der Waals surface area contributed by atoms with Crippen molar-refractivity contribution in [2.75, 3.05) is 19.8 Å². The van der Waals surface area contributed by atoms with E-state index in [0.29, 0.717) is 25.0 Å². The number of aryl methyl sites for hydroxylation is 2. The Morgan fingerprint density at radius 2 is 1.56 bits per heavy atom. The Labute approximate surface area is 241 Å². The highest BCUT2D eigenvalue weighted by Gasteiger charge is 2.49. The summed E-state index contributed by atoms with van der Waals surface area (Å²) in [6.45, 7) is 5.22. The summed E-state index contributed by atoms with van der Waals surface area (Å²) in [6.07, 6.45) is 7.38. The molecule has 0 amide bonds. The Morgan fingerprint density at radius 3 is 2.29 bits per heavy atom. The molecule has 0 spiro atoms. The first-order valence-electron chi connectivity index (χ1n) is 15.3. The van der Waals surface area contributed by atoms with E-state index >= 15 is 13.2 Å². The molecule has 230 valence electrons. The van der Waals surface area contributed by atoms with Crippen molar-refractivity contribution in [1.82, 2.24) is 9.97 Å². The number of hydrogen-bond acceptors (Lipinski definition) is 4. The largest absolute Gasteiger partial charge is 0.381 e. The highest BCUT2D eigenvalue weighted by Crippen LogP contribution is 2.43. The number of halogens is 5. The second-order valence-electron chi connectivity index (χ2n) is 11.0. The van der Waals surface area contributed by atoms with Crippen molar-refractivity contribution in [3.8, 4) is 11.4 Å². The molecule has 4 nitrogen and oxygen atoms in total. The van der Waals surface area contributed by atoms with Crippen LogP contribution >= 0.6 is 0 Å². The summed E-state index contributed by atoms with van der Waals surface area (Å²) >= 11 is 0. The second-order valence-corrected chi connectivity index (χ2v) is 11.0. The molecule has 41 heavy (non-hydrogen) atoms. The molecule has 2 unspecified atom stereocenters. The van der Waals surface area contributed by atoms with Crippen molar-refractivity contribution in [2.45, 2.75) is 122 Å². The van der Waals surface area contributed by atoms with Gasteiger partial charge < -0.3 is 9.47 Å². The number of fused-ring (bicyclic) bond motifs is 1. The van der Waals surface area contributed by atoms with Gasteiger partial charge in [-0.25, -0.2) is 14.4 Å². The van der Waals surface area contributed by atoms with Crippen LogP contribution < -0.4 is 0 Å². The summed E-state index contributed by atoms with van der Waals surface area (Å²) < 4.78 is 85.2. The highest BCUT2D eigenvalue weighted by molar-refractivity contribution is 5.57. The third kappa shape index (κ3) is 9.98. The van der Waals surface area contributed by atoms with Gasteiger partial charge in [0.05, 0.1) is 23.6 Å². The average molecular weight is 585 g/mol. The smallest absolute Gasteiger partial charge is 0.303 e. The average Bonchev–Trinajstić information content (AvgIpc) is 2.94. The maximum absolute atomic E-state index is 15.2. The van der Waals surface area contributed by atoms with Gasteiger partial charge >= 0.3 is 5.92 Å². The van der Waals surface area contributed by atoms with Crippen molar-refractivity contribution in [2.24, 2.45) is 0 Å². The fourth-order valence-corrected chi connectivity index (χ4v) is 5.20. The van der Waals surface area contributed by atoms with Gasteiger partial charge in [0, 0.05) is 18.8 Å². The molecule has 2 aromatic rings. The highest BCUT2D eigenvalue weighted by atomic mass is 19.3. The fraction of sp³-hybridized carbons (Fsp3) is 0.688. The Balaban J connectivity index is 1.56. The van der Waals surface area contributed by atoms with Gasteiger partial charge in [0.25, 0.3) is 0 Å². The van der Waals surface area contributed by atoms with Crippen LogP contribution in [0.1, 0.15) is 108 Å². The van der Waals surface area contributed by atoms with Crippen molar-refractivity contribution in [3.63, 3.8) is 0 Å². The van der Waals surface area contributed by atoms with E-state index in [2.05, 4.69) is 23.8 Å². The lowest BCUT2D eigenvalue weighted by Gasteiger charge is -2.33. The van der Waals surface area contributed by atoms with Crippen molar-refractivity contribution >= 4 is 0 Å². The molecule has 0 saturated carbocycles. The van der Waals surface area contributed by atoms with Crippen molar-refractivity contribution in [3.05, 3.63) is 46.8 Å². The third-order valence-corrected chi connectivity index (χ3v) is 7.64. The van der Waals surface area contributed by atoms with E-state index in [4.69, 9.17) is 9.47 Å². The second kappa shape index (κ2) is 17.1. The number of rotatable bonds is 19. The topological polar surface area (TPSA) is 44.2 Å². The Hall–Kier alpha value is -2.13. The molecule has 9 heteroatoms. The van der Waals surface area contributed by atoms with Crippen LogP contribution in [0.4, 0.5) is 22.0 Å².